The smallest absolute Gasteiger partial charge is 0.178 e. The molecule has 0 amide bonds. The first-order chi connectivity index (χ1) is 8.09. The first kappa shape index (κ1) is 12.4. The monoisotopic (exact) mass is 302 g/mol. The average molecular weight is 303 g/mol. The lowest BCUT2D eigenvalue weighted by Crippen LogP contribution is -2.03. The highest BCUT2D eigenvalue weighted by molar-refractivity contribution is 9.10. The van der Waals surface area contributed by atoms with Crippen LogP contribution in [0, 0.1) is 5.82 Å². The number of rotatable bonds is 2. The summed E-state index contributed by atoms with van der Waals surface area (Å²) in [5.74, 6) is 0.328. The third-order valence-electron chi connectivity index (χ3n) is 2.44. The highest BCUT2D eigenvalue weighted by Gasteiger charge is 2.21. The van der Waals surface area contributed by atoms with Crippen molar-refractivity contribution in [1.82, 2.24) is 0 Å². The standard InChI is InChI=1S/C12H12BrFO3/c1-7(15)5-8-6-9-12(10(13)11(8)14)17-4-2-3-16-9/h6H,2-5H2,1H3. The summed E-state index contributed by atoms with van der Waals surface area (Å²) >= 11 is 3.15. The van der Waals surface area contributed by atoms with Crippen LogP contribution in [0.5, 0.6) is 11.5 Å². The van der Waals surface area contributed by atoms with Gasteiger partial charge in [0.05, 0.1) is 17.7 Å². The molecule has 17 heavy (non-hydrogen) atoms. The summed E-state index contributed by atoms with van der Waals surface area (Å²) < 4.78 is 25.1. The molecule has 3 nitrogen and oxygen atoms in total. The Hall–Kier alpha value is -1.10. The Kier molecular flexibility index (Phi) is 3.66. The number of ketones is 1. The number of carbonyl (C=O) groups excluding carboxylic acids is 1. The number of Topliss-reactive ketones (excluding diaryl/α,β-unsaturated/α-hetero) is 1. The number of hydrogen-bond acceptors (Lipinski definition) is 3. The van der Waals surface area contributed by atoms with Crippen LogP contribution < -0.4 is 9.47 Å². The van der Waals surface area contributed by atoms with Crippen LogP contribution in [0.4, 0.5) is 4.39 Å². The van der Waals surface area contributed by atoms with E-state index in [1.807, 2.05) is 0 Å². The van der Waals surface area contributed by atoms with Crippen LogP contribution in [0.25, 0.3) is 0 Å². The Morgan fingerprint density at radius 2 is 2.18 bits per heavy atom. The van der Waals surface area contributed by atoms with Crippen molar-refractivity contribution >= 4 is 21.7 Å². The lowest BCUT2D eigenvalue weighted by Gasteiger charge is -2.12. The van der Waals surface area contributed by atoms with Gasteiger partial charge in [-0.3, -0.25) is 4.79 Å². The maximum atomic E-state index is 13.9. The molecule has 0 saturated carbocycles. The van der Waals surface area contributed by atoms with Crippen molar-refractivity contribution in [2.45, 2.75) is 19.8 Å². The SMILES string of the molecule is CC(=O)Cc1cc2c(c(Br)c1F)OCCCO2. The van der Waals surface area contributed by atoms with Crippen molar-refractivity contribution in [3.8, 4) is 11.5 Å². The average Bonchev–Trinajstić information content (AvgIpc) is 2.50. The van der Waals surface area contributed by atoms with E-state index in [0.29, 0.717) is 30.3 Å². The third kappa shape index (κ3) is 2.60. The normalized spacial score (nSPS) is 14.3. The molecule has 0 aromatic heterocycles. The van der Waals surface area contributed by atoms with Gasteiger partial charge in [-0.05, 0) is 28.9 Å². The molecule has 1 aromatic rings. The van der Waals surface area contributed by atoms with Gasteiger partial charge in [0, 0.05) is 18.4 Å². The van der Waals surface area contributed by atoms with Gasteiger partial charge in [0.15, 0.2) is 11.5 Å². The van der Waals surface area contributed by atoms with Crippen LogP contribution in [0.15, 0.2) is 10.5 Å². The first-order valence-corrected chi connectivity index (χ1v) is 6.15. The minimum absolute atomic E-state index is 0.0566. The van der Waals surface area contributed by atoms with Gasteiger partial charge in [0.1, 0.15) is 11.6 Å². The van der Waals surface area contributed by atoms with Crippen molar-refractivity contribution in [3.05, 3.63) is 21.9 Å². The topological polar surface area (TPSA) is 35.5 Å². The Morgan fingerprint density at radius 1 is 1.47 bits per heavy atom. The zero-order valence-electron chi connectivity index (χ0n) is 9.39. The van der Waals surface area contributed by atoms with Gasteiger partial charge in [-0.25, -0.2) is 4.39 Å². The van der Waals surface area contributed by atoms with Crippen molar-refractivity contribution in [2.24, 2.45) is 0 Å². The van der Waals surface area contributed by atoms with Gasteiger partial charge in [0.25, 0.3) is 0 Å². The molecule has 0 unspecified atom stereocenters. The molecule has 0 radical (unpaired) electrons. The lowest BCUT2D eigenvalue weighted by atomic mass is 10.1. The van der Waals surface area contributed by atoms with Gasteiger partial charge in [-0.1, -0.05) is 0 Å². The minimum Gasteiger partial charge on any atom is -0.490 e. The van der Waals surface area contributed by atoms with E-state index >= 15 is 0 Å². The Labute approximate surface area is 107 Å². The van der Waals surface area contributed by atoms with Gasteiger partial charge in [-0.2, -0.15) is 0 Å². The number of carbonyl (C=O) groups is 1. The summed E-state index contributed by atoms with van der Waals surface area (Å²) in [5.41, 5.74) is 0.327. The number of fused-ring (bicyclic) bond motifs is 1. The molecule has 0 bridgehead atoms. The molecule has 2 rings (SSSR count). The van der Waals surface area contributed by atoms with Crippen LogP contribution >= 0.6 is 15.9 Å². The largest absolute Gasteiger partial charge is 0.490 e. The van der Waals surface area contributed by atoms with Crippen LogP contribution in [0.1, 0.15) is 18.9 Å². The zero-order chi connectivity index (χ0) is 12.4. The molecular formula is C12H12BrFO3. The van der Waals surface area contributed by atoms with E-state index in [9.17, 15) is 9.18 Å². The van der Waals surface area contributed by atoms with E-state index < -0.39 is 5.82 Å². The van der Waals surface area contributed by atoms with Gasteiger partial charge in [-0.15, -0.1) is 0 Å². The molecule has 0 saturated heterocycles. The van der Waals surface area contributed by atoms with E-state index in [0.717, 1.165) is 6.42 Å². The first-order valence-electron chi connectivity index (χ1n) is 5.35. The molecule has 0 fully saturated rings. The summed E-state index contributed by atoms with van der Waals surface area (Å²) in [4.78, 5) is 11.1. The number of hydrogen-bond donors (Lipinski definition) is 0. The summed E-state index contributed by atoms with van der Waals surface area (Å²) in [5, 5.41) is 0. The highest BCUT2D eigenvalue weighted by Crippen LogP contribution is 2.40. The van der Waals surface area contributed by atoms with E-state index in [-0.39, 0.29) is 16.7 Å². The number of benzene rings is 1. The number of ether oxygens (including phenoxy) is 2. The lowest BCUT2D eigenvalue weighted by molar-refractivity contribution is -0.116. The van der Waals surface area contributed by atoms with Crippen molar-refractivity contribution in [1.29, 1.82) is 0 Å². The van der Waals surface area contributed by atoms with Crippen molar-refractivity contribution < 1.29 is 18.7 Å². The summed E-state index contributed by atoms with van der Waals surface area (Å²) in [6.07, 6.45) is 0.811. The van der Waals surface area contributed by atoms with Crippen LogP contribution in [0.3, 0.4) is 0 Å². The fourth-order valence-electron chi connectivity index (χ4n) is 1.69. The molecule has 1 aliphatic heterocycles. The second kappa shape index (κ2) is 5.04. The molecule has 5 heteroatoms. The van der Waals surface area contributed by atoms with Gasteiger partial charge >= 0.3 is 0 Å². The Balaban J connectivity index is 2.47. The maximum Gasteiger partial charge on any atom is 0.178 e. The fourth-order valence-corrected chi connectivity index (χ4v) is 2.25. The minimum atomic E-state index is -0.454. The third-order valence-corrected chi connectivity index (χ3v) is 3.14. The molecule has 1 heterocycles. The van der Waals surface area contributed by atoms with E-state index in [1.54, 1.807) is 6.07 Å². The zero-order valence-corrected chi connectivity index (χ0v) is 11.0. The van der Waals surface area contributed by atoms with Crippen LogP contribution in [-0.4, -0.2) is 19.0 Å². The Bertz CT molecular complexity index is 460. The molecule has 0 atom stereocenters. The van der Waals surface area contributed by atoms with Crippen LogP contribution in [-0.2, 0) is 11.2 Å². The predicted molar refractivity (Wildman–Crippen MR) is 64.1 cm³/mol. The van der Waals surface area contributed by atoms with Crippen molar-refractivity contribution in [2.75, 3.05) is 13.2 Å². The molecule has 0 spiro atoms. The Morgan fingerprint density at radius 3 is 2.88 bits per heavy atom. The van der Waals surface area contributed by atoms with Crippen LogP contribution in [0.2, 0.25) is 0 Å². The fraction of sp³-hybridized carbons (Fsp3) is 0.417. The quantitative estimate of drug-likeness (QED) is 0.843. The maximum absolute atomic E-state index is 13.9. The molecular weight excluding hydrogens is 291 g/mol. The van der Waals surface area contributed by atoms with E-state index in [1.165, 1.54) is 6.92 Å². The molecule has 0 N–H and O–H groups in total. The van der Waals surface area contributed by atoms with E-state index in [4.69, 9.17) is 9.47 Å². The molecule has 0 aliphatic carbocycles. The highest BCUT2D eigenvalue weighted by atomic mass is 79.9. The second-order valence-electron chi connectivity index (χ2n) is 3.92. The summed E-state index contributed by atoms with van der Waals surface area (Å²) in [6.45, 7) is 2.46. The molecule has 1 aliphatic rings. The van der Waals surface area contributed by atoms with Gasteiger partial charge in [0.2, 0.25) is 0 Å². The summed E-state index contributed by atoms with van der Waals surface area (Å²) in [7, 11) is 0. The van der Waals surface area contributed by atoms with Gasteiger partial charge < -0.3 is 9.47 Å². The predicted octanol–water partition coefficient (Wildman–Crippen LogP) is 2.88. The molecule has 92 valence electrons. The van der Waals surface area contributed by atoms with Crippen molar-refractivity contribution in [3.63, 3.8) is 0 Å². The molecule has 1 aromatic carbocycles. The van der Waals surface area contributed by atoms with E-state index in [2.05, 4.69) is 15.9 Å². The summed E-state index contributed by atoms with van der Waals surface area (Å²) in [6, 6.07) is 1.54. The number of halogens is 2. The second-order valence-corrected chi connectivity index (χ2v) is 4.71.